The summed E-state index contributed by atoms with van der Waals surface area (Å²) < 4.78 is 0. The second-order valence-electron chi connectivity index (χ2n) is 2.59. The molecule has 1 aliphatic rings. The molecular weight excluding hydrogens is 116 g/mol. The molecular formula is C6H12N2O. The van der Waals surface area contributed by atoms with Crippen LogP contribution in [0.15, 0.2) is 0 Å². The standard InChI is InChI=1S/C6H12N2O/c1-4-2-3-5(7)6(9)8-4/h4-5H,2-3,7H2,1H3,(H,8,9). The zero-order valence-electron chi connectivity index (χ0n) is 5.55. The molecule has 0 aliphatic carbocycles. The van der Waals surface area contributed by atoms with Gasteiger partial charge in [0.1, 0.15) is 0 Å². The summed E-state index contributed by atoms with van der Waals surface area (Å²) in [5, 5.41) is 2.77. The van der Waals surface area contributed by atoms with E-state index in [-0.39, 0.29) is 11.9 Å². The van der Waals surface area contributed by atoms with E-state index in [0.29, 0.717) is 6.04 Å². The maximum absolute atomic E-state index is 10.8. The third kappa shape index (κ3) is 1.42. The van der Waals surface area contributed by atoms with Crippen LogP contribution in [-0.4, -0.2) is 18.0 Å². The van der Waals surface area contributed by atoms with E-state index in [2.05, 4.69) is 5.32 Å². The normalized spacial score (nSPS) is 36.0. The third-order valence-electron chi connectivity index (χ3n) is 1.64. The predicted octanol–water partition coefficient (Wildman–Crippen LogP) is -0.388. The maximum Gasteiger partial charge on any atom is 0.237 e. The number of hydrogen-bond acceptors (Lipinski definition) is 2. The van der Waals surface area contributed by atoms with Gasteiger partial charge in [-0.3, -0.25) is 4.79 Å². The molecule has 1 rings (SSSR count). The molecule has 0 aromatic carbocycles. The lowest BCUT2D eigenvalue weighted by Crippen LogP contribution is -2.49. The molecule has 0 bridgehead atoms. The Kier molecular flexibility index (Phi) is 1.71. The molecule has 9 heavy (non-hydrogen) atoms. The van der Waals surface area contributed by atoms with E-state index in [1.165, 1.54) is 0 Å². The number of nitrogens with one attached hydrogen (secondary N) is 1. The molecule has 3 nitrogen and oxygen atoms in total. The number of nitrogens with two attached hydrogens (primary N) is 1. The monoisotopic (exact) mass is 128 g/mol. The van der Waals surface area contributed by atoms with Gasteiger partial charge >= 0.3 is 0 Å². The van der Waals surface area contributed by atoms with Crippen molar-refractivity contribution in [2.45, 2.75) is 31.8 Å². The van der Waals surface area contributed by atoms with Crippen LogP contribution in [0.2, 0.25) is 0 Å². The van der Waals surface area contributed by atoms with Gasteiger partial charge in [0, 0.05) is 6.04 Å². The fourth-order valence-electron chi connectivity index (χ4n) is 0.983. The second kappa shape index (κ2) is 2.35. The van der Waals surface area contributed by atoms with Crippen molar-refractivity contribution in [3.8, 4) is 0 Å². The fraction of sp³-hybridized carbons (Fsp3) is 0.833. The van der Waals surface area contributed by atoms with Crippen molar-refractivity contribution in [1.29, 1.82) is 0 Å². The first kappa shape index (κ1) is 6.55. The molecule has 2 atom stereocenters. The van der Waals surface area contributed by atoms with Gasteiger partial charge in [0.25, 0.3) is 0 Å². The molecule has 0 aromatic heterocycles. The molecule has 3 heteroatoms. The van der Waals surface area contributed by atoms with Crippen LogP contribution in [0, 0.1) is 0 Å². The average molecular weight is 128 g/mol. The van der Waals surface area contributed by atoms with Crippen LogP contribution in [0.4, 0.5) is 0 Å². The first-order valence-electron chi connectivity index (χ1n) is 3.26. The predicted molar refractivity (Wildman–Crippen MR) is 34.8 cm³/mol. The van der Waals surface area contributed by atoms with Crippen molar-refractivity contribution in [3.63, 3.8) is 0 Å². The molecule has 1 amide bonds. The molecule has 0 aromatic rings. The molecule has 52 valence electrons. The molecule has 2 unspecified atom stereocenters. The molecule has 1 heterocycles. The van der Waals surface area contributed by atoms with E-state index < -0.39 is 0 Å². The Morgan fingerprint density at radius 3 is 2.78 bits per heavy atom. The number of amides is 1. The highest BCUT2D eigenvalue weighted by Crippen LogP contribution is 2.05. The van der Waals surface area contributed by atoms with Crippen LogP contribution in [-0.2, 0) is 4.79 Å². The highest BCUT2D eigenvalue weighted by Gasteiger charge is 2.21. The third-order valence-corrected chi connectivity index (χ3v) is 1.64. The van der Waals surface area contributed by atoms with Crippen molar-refractivity contribution in [2.75, 3.05) is 0 Å². The van der Waals surface area contributed by atoms with Gasteiger partial charge in [-0.05, 0) is 19.8 Å². The Morgan fingerprint density at radius 1 is 1.67 bits per heavy atom. The van der Waals surface area contributed by atoms with Crippen molar-refractivity contribution >= 4 is 5.91 Å². The van der Waals surface area contributed by atoms with Gasteiger partial charge < -0.3 is 11.1 Å². The Bertz CT molecular complexity index is 124. The van der Waals surface area contributed by atoms with Crippen LogP contribution in [0.1, 0.15) is 19.8 Å². The number of rotatable bonds is 0. The van der Waals surface area contributed by atoms with Gasteiger partial charge in [-0.15, -0.1) is 0 Å². The molecule has 1 saturated heterocycles. The summed E-state index contributed by atoms with van der Waals surface area (Å²) in [4.78, 5) is 10.8. The molecule has 0 radical (unpaired) electrons. The average Bonchev–Trinajstić information content (AvgIpc) is 1.80. The fourth-order valence-corrected chi connectivity index (χ4v) is 0.983. The van der Waals surface area contributed by atoms with Crippen LogP contribution in [0.3, 0.4) is 0 Å². The summed E-state index contributed by atoms with van der Waals surface area (Å²) in [6.07, 6.45) is 1.83. The van der Waals surface area contributed by atoms with Crippen molar-refractivity contribution < 1.29 is 4.79 Å². The van der Waals surface area contributed by atoms with E-state index in [1.54, 1.807) is 0 Å². The van der Waals surface area contributed by atoms with Gasteiger partial charge in [0.05, 0.1) is 6.04 Å². The summed E-state index contributed by atoms with van der Waals surface area (Å²) in [5.74, 6) is -0.00579. The Labute approximate surface area is 54.6 Å². The van der Waals surface area contributed by atoms with Gasteiger partial charge in [-0.25, -0.2) is 0 Å². The van der Waals surface area contributed by atoms with Crippen molar-refractivity contribution in [3.05, 3.63) is 0 Å². The largest absolute Gasteiger partial charge is 0.352 e. The van der Waals surface area contributed by atoms with E-state index >= 15 is 0 Å². The van der Waals surface area contributed by atoms with E-state index in [9.17, 15) is 4.79 Å². The summed E-state index contributed by atoms with van der Waals surface area (Å²) >= 11 is 0. The van der Waals surface area contributed by atoms with Gasteiger partial charge in [-0.2, -0.15) is 0 Å². The SMILES string of the molecule is CC1CCC(N)C(=O)N1. The van der Waals surface area contributed by atoms with Crippen molar-refractivity contribution in [2.24, 2.45) is 5.73 Å². The van der Waals surface area contributed by atoms with Crippen LogP contribution >= 0.6 is 0 Å². The second-order valence-corrected chi connectivity index (χ2v) is 2.59. The molecule has 3 N–H and O–H groups in total. The maximum atomic E-state index is 10.8. The van der Waals surface area contributed by atoms with Gasteiger partial charge in [0.2, 0.25) is 5.91 Å². The lowest BCUT2D eigenvalue weighted by atomic mass is 10.0. The number of carbonyl (C=O) groups is 1. The summed E-state index contributed by atoms with van der Waals surface area (Å²) in [6, 6.07) is 0.0542. The molecule has 1 fully saturated rings. The van der Waals surface area contributed by atoms with Crippen molar-refractivity contribution in [1.82, 2.24) is 5.32 Å². The Morgan fingerprint density at radius 2 is 2.33 bits per heavy atom. The summed E-state index contributed by atoms with van der Waals surface area (Å²) in [6.45, 7) is 1.99. The Balaban J connectivity index is 2.44. The van der Waals surface area contributed by atoms with Crippen LogP contribution < -0.4 is 11.1 Å². The summed E-state index contributed by atoms with van der Waals surface area (Å²) in [5.41, 5.74) is 5.43. The lowest BCUT2D eigenvalue weighted by molar-refractivity contribution is -0.124. The minimum absolute atomic E-state index is 0.00579. The molecule has 0 saturated carbocycles. The number of piperidine rings is 1. The topological polar surface area (TPSA) is 55.1 Å². The lowest BCUT2D eigenvalue weighted by Gasteiger charge is -2.23. The smallest absolute Gasteiger partial charge is 0.237 e. The van der Waals surface area contributed by atoms with E-state index in [1.807, 2.05) is 6.92 Å². The number of hydrogen-bond donors (Lipinski definition) is 2. The van der Waals surface area contributed by atoms with Crippen LogP contribution in [0.5, 0.6) is 0 Å². The first-order valence-corrected chi connectivity index (χ1v) is 3.26. The zero-order chi connectivity index (χ0) is 6.85. The Hall–Kier alpha value is -0.570. The quantitative estimate of drug-likeness (QED) is 0.467. The number of carbonyl (C=O) groups excluding carboxylic acids is 1. The van der Waals surface area contributed by atoms with Crippen LogP contribution in [0.25, 0.3) is 0 Å². The van der Waals surface area contributed by atoms with E-state index in [0.717, 1.165) is 12.8 Å². The van der Waals surface area contributed by atoms with E-state index in [4.69, 9.17) is 5.73 Å². The minimum atomic E-state index is -0.263. The molecule has 1 aliphatic heterocycles. The van der Waals surface area contributed by atoms with Gasteiger partial charge in [-0.1, -0.05) is 0 Å². The van der Waals surface area contributed by atoms with Gasteiger partial charge in [0.15, 0.2) is 0 Å². The highest BCUT2D eigenvalue weighted by molar-refractivity contribution is 5.82. The zero-order valence-corrected chi connectivity index (χ0v) is 5.55. The minimum Gasteiger partial charge on any atom is -0.352 e. The highest BCUT2D eigenvalue weighted by atomic mass is 16.2. The first-order chi connectivity index (χ1) is 4.20. The summed E-state index contributed by atoms with van der Waals surface area (Å²) in [7, 11) is 0. The molecule has 0 spiro atoms.